The second-order valence-electron chi connectivity index (χ2n) is 5.04. The van der Waals surface area contributed by atoms with Gasteiger partial charge in [-0.25, -0.2) is 0 Å². The van der Waals surface area contributed by atoms with Gasteiger partial charge in [-0.3, -0.25) is 0 Å². The molecule has 0 fully saturated rings. The number of carbonyl (C=O) groups excluding carboxylic acids is 1. The molecule has 1 unspecified atom stereocenters. The molecule has 0 saturated heterocycles. The van der Waals surface area contributed by atoms with Gasteiger partial charge in [-0.05, 0) is 13.0 Å². The second kappa shape index (κ2) is 5.26. The quantitative estimate of drug-likeness (QED) is 0.433. The molecule has 0 aromatic heterocycles. The normalized spacial score (nSPS) is 13.2. The van der Waals surface area contributed by atoms with Crippen LogP contribution >= 0.6 is 0 Å². The van der Waals surface area contributed by atoms with Crippen molar-refractivity contribution in [2.24, 2.45) is 5.92 Å². The highest BCUT2D eigenvalue weighted by atomic mass is 28.3. The number of allylic oxidation sites excluding steroid dienone is 1. The van der Waals surface area contributed by atoms with Crippen molar-refractivity contribution in [1.29, 1.82) is 0 Å². The van der Waals surface area contributed by atoms with Crippen LogP contribution in [0.25, 0.3) is 0 Å². The molecule has 1 aromatic carbocycles. The van der Waals surface area contributed by atoms with Crippen LogP contribution < -0.4 is 5.19 Å². The van der Waals surface area contributed by atoms with Crippen LogP contribution in [0.5, 0.6) is 0 Å². The van der Waals surface area contributed by atoms with Crippen molar-refractivity contribution in [3.63, 3.8) is 0 Å². The van der Waals surface area contributed by atoms with Crippen LogP contribution in [0.15, 0.2) is 42.5 Å². The number of hydrogen-bond donors (Lipinski definition) is 0. The summed E-state index contributed by atoms with van der Waals surface area (Å²) in [6.45, 7) is 10.4. The van der Waals surface area contributed by atoms with Crippen LogP contribution in [0, 0.1) is 5.92 Å². The van der Waals surface area contributed by atoms with Crippen LogP contribution in [0.1, 0.15) is 6.92 Å². The summed E-state index contributed by atoms with van der Waals surface area (Å²) in [4.78, 5) is 11.0. The standard InChI is InChI=1S/C14H20OSi/c1-12(2)13(10-15)11-16(3,4)14-8-6-5-7-9-14/h5-10,13H,1,11H2,2-4H3. The lowest BCUT2D eigenvalue weighted by Gasteiger charge is -2.26. The molecule has 0 radical (unpaired) electrons. The third kappa shape index (κ3) is 3.17. The van der Waals surface area contributed by atoms with Gasteiger partial charge >= 0.3 is 0 Å². The summed E-state index contributed by atoms with van der Waals surface area (Å²) in [5.41, 5.74) is 0.978. The molecule has 86 valence electrons. The molecular weight excluding hydrogens is 212 g/mol. The SMILES string of the molecule is C=C(C)C(C=O)C[Si](C)(C)c1ccccc1. The van der Waals surface area contributed by atoms with E-state index in [1.807, 2.05) is 13.0 Å². The first-order chi connectivity index (χ1) is 7.47. The number of hydrogen-bond acceptors (Lipinski definition) is 1. The Hall–Kier alpha value is -1.15. The molecule has 2 heteroatoms. The van der Waals surface area contributed by atoms with E-state index in [4.69, 9.17) is 0 Å². The van der Waals surface area contributed by atoms with Crippen molar-refractivity contribution in [1.82, 2.24) is 0 Å². The van der Waals surface area contributed by atoms with Gasteiger partial charge in [0.05, 0.1) is 8.07 Å². The van der Waals surface area contributed by atoms with Crippen molar-refractivity contribution in [2.45, 2.75) is 26.1 Å². The van der Waals surface area contributed by atoms with E-state index in [1.54, 1.807) is 0 Å². The van der Waals surface area contributed by atoms with E-state index in [-0.39, 0.29) is 5.92 Å². The first kappa shape index (κ1) is 12.9. The zero-order valence-corrected chi connectivity index (χ0v) is 11.4. The summed E-state index contributed by atoms with van der Waals surface area (Å²) in [7, 11) is -1.52. The Morgan fingerprint density at radius 2 is 1.94 bits per heavy atom. The topological polar surface area (TPSA) is 17.1 Å². The molecule has 0 N–H and O–H groups in total. The second-order valence-corrected chi connectivity index (χ2v) is 9.80. The van der Waals surface area contributed by atoms with Gasteiger partial charge in [0.15, 0.2) is 0 Å². The molecule has 0 heterocycles. The Kier molecular flexibility index (Phi) is 4.24. The first-order valence-electron chi connectivity index (χ1n) is 5.63. The third-order valence-electron chi connectivity index (χ3n) is 3.08. The lowest BCUT2D eigenvalue weighted by atomic mass is 10.1. The maximum atomic E-state index is 11.0. The highest BCUT2D eigenvalue weighted by Gasteiger charge is 2.27. The predicted octanol–water partition coefficient (Wildman–Crippen LogP) is 2.99. The van der Waals surface area contributed by atoms with Crippen molar-refractivity contribution >= 4 is 19.5 Å². The van der Waals surface area contributed by atoms with Crippen molar-refractivity contribution in [3.05, 3.63) is 42.5 Å². The van der Waals surface area contributed by atoms with E-state index in [1.165, 1.54) is 5.19 Å². The molecule has 0 bridgehead atoms. The van der Waals surface area contributed by atoms with Gasteiger partial charge in [0, 0.05) is 5.92 Å². The number of carbonyl (C=O) groups is 1. The Bertz CT molecular complexity index is 368. The molecule has 0 spiro atoms. The zero-order valence-electron chi connectivity index (χ0n) is 10.4. The molecular formula is C14H20OSi. The molecule has 1 nitrogen and oxygen atoms in total. The summed E-state index contributed by atoms with van der Waals surface area (Å²) in [6, 6.07) is 11.5. The summed E-state index contributed by atoms with van der Waals surface area (Å²) < 4.78 is 0. The molecule has 0 aliphatic rings. The van der Waals surface area contributed by atoms with Crippen LogP contribution in [0.4, 0.5) is 0 Å². The summed E-state index contributed by atoms with van der Waals surface area (Å²) >= 11 is 0. The fraction of sp³-hybridized carbons (Fsp3) is 0.357. The van der Waals surface area contributed by atoms with Gasteiger partial charge in [0.25, 0.3) is 0 Å². The minimum Gasteiger partial charge on any atom is -0.303 e. The zero-order chi connectivity index (χ0) is 12.2. The fourth-order valence-corrected chi connectivity index (χ4v) is 4.77. The molecule has 0 amide bonds. The monoisotopic (exact) mass is 232 g/mol. The Balaban J connectivity index is 2.86. The molecule has 1 aromatic rings. The Morgan fingerprint density at radius 3 is 2.38 bits per heavy atom. The number of rotatable bonds is 5. The van der Waals surface area contributed by atoms with E-state index in [9.17, 15) is 4.79 Å². The average Bonchev–Trinajstić information content (AvgIpc) is 2.27. The fourth-order valence-electron chi connectivity index (χ4n) is 1.90. The van der Waals surface area contributed by atoms with Crippen molar-refractivity contribution in [2.75, 3.05) is 0 Å². The van der Waals surface area contributed by atoms with Crippen LogP contribution in [0.2, 0.25) is 19.1 Å². The van der Waals surface area contributed by atoms with Gasteiger partial charge in [0.1, 0.15) is 6.29 Å². The summed E-state index contributed by atoms with van der Waals surface area (Å²) in [6.07, 6.45) is 1.04. The minimum absolute atomic E-state index is 0.0156. The summed E-state index contributed by atoms with van der Waals surface area (Å²) in [5, 5.41) is 1.41. The van der Waals surface area contributed by atoms with Crippen LogP contribution in [0.3, 0.4) is 0 Å². The maximum absolute atomic E-state index is 11.0. The third-order valence-corrected chi connectivity index (χ3v) is 6.44. The molecule has 1 rings (SSSR count). The van der Waals surface area contributed by atoms with Crippen molar-refractivity contribution in [3.8, 4) is 0 Å². The number of aldehydes is 1. The Labute approximate surface area is 99.2 Å². The van der Waals surface area contributed by atoms with E-state index in [2.05, 4.69) is 43.9 Å². The van der Waals surface area contributed by atoms with Crippen LogP contribution in [-0.2, 0) is 4.79 Å². The molecule has 1 atom stereocenters. The maximum Gasteiger partial charge on any atom is 0.126 e. The van der Waals surface area contributed by atoms with Gasteiger partial charge in [-0.2, -0.15) is 0 Å². The minimum atomic E-state index is -1.52. The van der Waals surface area contributed by atoms with Gasteiger partial charge < -0.3 is 4.79 Å². The Morgan fingerprint density at radius 1 is 1.38 bits per heavy atom. The predicted molar refractivity (Wildman–Crippen MR) is 72.7 cm³/mol. The van der Waals surface area contributed by atoms with E-state index < -0.39 is 8.07 Å². The van der Waals surface area contributed by atoms with Gasteiger partial charge in [0.2, 0.25) is 0 Å². The highest BCUT2D eigenvalue weighted by Crippen LogP contribution is 2.20. The van der Waals surface area contributed by atoms with Crippen LogP contribution in [-0.4, -0.2) is 14.4 Å². The van der Waals surface area contributed by atoms with Crippen molar-refractivity contribution < 1.29 is 4.79 Å². The smallest absolute Gasteiger partial charge is 0.126 e. The first-order valence-corrected chi connectivity index (χ1v) is 8.84. The lowest BCUT2D eigenvalue weighted by molar-refractivity contribution is -0.109. The largest absolute Gasteiger partial charge is 0.303 e. The van der Waals surface area contributed by atoms with E-state index in [0.717, 1.165) is 17.9 Å². The molecule has 0 saturated carbocycles. The number of benzene rings is 1. The molecule has 0 aliphatic carbocycles. The molecule has 0 aliphatic heterocycles. The highest BCUT2D eigenvalue weighted by molar-refractivity contribution is 6.90. The average molecular weight is 232 g/mol. The van der Waals surface area contributed by atoms with Gasteiger partial charge in [-0.1, -0.05) is 60.8 Å². The summed E-state index contributed by atoms with van der Waals surface area (Å²) in [5.74, 6) is 0.0156. The van der Waals surface area contributed by atoms with E-state index >= 15 is 0 Å². The van der Waals surface area contributed by atoms with Gasteiger partial charge in [-0.15, -0.1) is 0 Å². The lowest BCUT2D eigenvalue weighted by Crippen LogP contribution is -2.43. The van der Waals surface area contributed by atoms with E-state index in [0.29, 0.717) is 0 Å². The molecule has 16 heavy (non-hydrogen) atoms.